The van der Waals surface area contributed by atoms with Gasteiger partial charge in [-0.2, -0.15) is 0 Å². The Kier molecular flexibility index (Phi) is 3.74. The summed E-state index contributed by atoms with van der Waals surface area (Å²) < 4.78 is 1.81. The monoisotopic (exact) mass is 351 g/mol. The van der Waals surface area contributed by atoms with Gasteiger partial charge in [-0.15, -0.1) is 10.2 Å². The molecule has 0 radical (unpaired) electrons. The van der Waals surface area contributed by atoms with Gasteiger partial charge in [0.25, 0.3) is 5.91 Å². The molecule has 4 rings (SSSR count). The molecule has 0 saturated heterocycles. The van der Waals surface area contributed by atoms with Crippen LogP contribution < -0.4 is 10.6 Å². The van der Waals surface area contributed by atoms with Gasteiger partial charge >= 0.3 is 0 Å². The van der Waals surface area contributed by atoms with E-state index in [2.05, 4.69) is 20.8 Å². The van der Waals surface area contributed by atoms with E-state index in [9.17, 15) is 4.79 Å². The summed E-state index contributed by atoms with van der Waals surface area (Å²) in [5.41, 5.74) is 4.08. The molecule has 3 aromatic rings. The summed E-state index contributed by atoms with van der Waals surface area (Å²) in [7, 11) is 0. The topological polar surface area (TPSA) is 71.8 Å². The zero-order chi connectivity index (χ0) is 17.4. The molecule has 2 heterocycles. The first-order valence-corrected chi connectivity index (χ1v) is 8.05. The summed E-state index contributed by atoms with van der Waals surface area (Å²) in [6, 6.07) is 13.1. The van der Waals surface area contributed by atoms with Crippen molar-refractivity contribution in [3.05, 3.63) is 71.3 Å². The van der Waals surface area contributed by atoms with E-state index < -0.39 is 0 Å². The Morgan fingerprint density at radius 3 is 2.84 bits per heavy atom. The maximum atomic E-state index is 12.4. The number of aromatic nitrogens is 3. The second kappa shape index (κ2) is 6.07. The highest BCUT2D eigenvalue weighted by Gasteiger charge is 2.22. The molecule has 0 spiro atoms. The lowest BCUT2D eigenvalue weighted by Gasteiger charge is -2.21. The number of carbonyl (C=O) groups is 1. The first kappa shape index (κ1) is 15.4. The van der Waals surface area contributed by atoms with Gasteiger partial charge in [0, 0.05) is 16.8 Å². The second-order valence-electron chi connectivity index (χ2n) is 5.72. The van der Waals surface area contributed by atoms with Gasteiger partial charge in [0.2, 0.25) is 0 Å². The van der Waals surface area contributed by atoms with E-state index in [1.165, 1.54) is 6.08 Å². The van der Waals surface area contributed by atoms with Crippen molar-refractivity contribution < 1.29 is 4.79 Å². The SMILES string of the molecule is Cc1ccc(NC(=O)/C=C2\Nc3cc(Cl)ccc3-n3cnnc32)cc1. The predicted octanol–water partition coefficient (Wildman–Crippen LogP) is 3.63. The summed E-state index contributed by atoms with van der Waals surface area (Å²) >= 11 is 6.07. The van der Waals surface area contributed by atoms with Crippen LogP contribution in [0.15, 0.2) is 54.9 Å². The number of nitrogens with one attached hydrogen (secondary N) is 2. The Morgan fingerprint density at radius 1 is 1.24 bits per heavy atom. The minimum Gasteiger partial charge on any atom is -0.351 e. The van der Waals surface area contributed by atoms with Crippen molar-refractivity contribution in [1.29, 1.82) is 0 Å². The largest absolute Gasteiger partial charge is 0.351 e. The molecule has 0 unspecified atom stereocenters. The molecule has 6 nitrogen and oxygen atoms in total. The summed E-state index contributed by atoms with van der Waals surface area (Å²) in [5, 5.41) is 14.7. The van der Waals surface area contributed by atoms with Gasteiger partial charge in [0.1, 0.15) is 6.33 Å². The van der Waals surface area contributed by atoms with E-state index in [1.54, 1.807) is 18.5 Å². The van der Waals surface area contributed by atoms with Crippen LogP contribution in [-0.2, 0) is 4.79 Å². The molecule has 0 fully saturated rings. The molecular formula is C18H14ClN5O. The van der Waals surface area contributed by atoms with Gasteiger partial charge < -0.3 is 10.6 Å². The van der Waals surface area contributed by atoms with Crippen LogP contribution in [-0.4, -0.2) is 20.7 Å². The summed E-state index contributed by atoms with van der Waals surface area (Å²) in [5.74, 6) is 0.306. The summed E-state index contributed by atoms with van der Waals surface area (Å²) in [4.78, 5) is 12.4. The number of aryl methyl sites for hydroxylation is 1. The predicted molar refractivity (Wildman–Crippen MR) is 97.8 cm³/mol. The third-order valence-corrected chi connectivity index (χ3v) is 4.11. The fourth-order valence-electron chi connectivity index (χ4n) is 2.66. The normalized spacial score (nSPS) is 13.8. The highest BCUT2D eigenvalue weighted by molar-refractivity contribution is 6.31. The maximum absolute atomic E-state index is 12.4. The van der Waals surface area contributed by atoms with E-state index in [4.69, 9.17) is 11.6 Å². The van der Waals surface area contributed by atoms with Crippen LogP contribution in [0.5, 0.6) is 0 Å². The molecule has 1 amide bonds. The highest BCUT2D eigenvalue weighted by atomic mass is 35.5. The Morgan fingerprint density at radius 2 is 2.04 bits per heavy atom. The van der Waals surface area contributed by atoms with Gasteiger partial charge in [-0.05, 0) is 37.3 Å². The third-order valence-electron chi connectivity index (χ3n) is 3.87. The molecule has 1 aliphatic rings. The van der Waals surface area contributed by atoms with Crippen molar-refractivity contribution in [1.82, 2.24) is 14.8 Å². The molecule has 0 atom stereocenters. The lowest BCUT2D eigenvalue weighted by atomic mass is 10.2. The van der Waals surface area contributed by atoms with Gasteiger partial charge in [0.15, 0.2) is 5.82 Å². The average molecular weight is 352 g/mol. The molecule has 1 aromatic heterocycles. The number of carbonyl (C=O) groups excluding carboxylic acids is 1. The molecule has 7 heteroatoms. The molecule has 0 aliphatic carbocycles. The smallest absolute Gasteiger partial charge is 0.250 e. The lowest BCUT2D eigenvalue weighted by molar-refractivity contribution is -0.111. The molecule has 1 aliphatic heterocycles. The van der Waals surface area contributed by atoms with Gasteiger partial charge in [-0.1, -0.05) is 29.3 Å². The van der Waals surface area contributed by atoms with Crippen molar-refractivity contribution in [2.75, 3.05) is 10.6 Å². The van der Waals surface area contributed by atoms with Crippen LogP contribution in [0.3, 0.4) is 0 Å². The number of hydrogen-bond acceptors (Lipinski definition) is 4. The van der Waals surface area contributed by atoms with Crippen molar-refractivity contribution in [3.63, 3.8) is 0 Å². The Hall–Kier alpha value is -3.12. The molecule has 25 heavy (non-hydrogen) atoms. The number of anilines is 2. The molecule has 2 aromatic carbocycles. The first-order valence-electron chi connectivity index (χ1n) is 7.67. The van der Waals surface area contributed by atoms with Crippen molar-refractivity contribution in [2.24, 2.45) is 0 Å². The molecule has 0 bridgehead atoms. The Labute approximate surface area is 149 Å². The van der Waals surface area contributed by atoms with Crippen LogP contribution in [0.25, 0.3) is 11.4 Å². The third kappa shape index (κ3) is 2.99. The maximum Gasteiger partial charge on any atom is 0.250 e. The van der Waals surface area contributed by atoms with Gasteiger partial charge in [-0.3, -0.25) is 9.36 Å². The number of hydrogen-bond donors (Lipinski definition) is 2. The molecule has 2 N–H and O–H groups in total. The van der Waals surface area contributed by atoms with Crippen molar-refractivity contribution in [2.45, 2.75) is 6.92 Å². The average Bonchev–Trinajstić information content (AvgIpc) is 3.07. The van der Waals surface area contributed by atoms with E-state index in [-0.39, 0.29) is 5.91 Å². The number of benzene rings is 2. The number of rotatable bonds is 2. The van der Waals surface area contributed by atoms with Crippen LogP contribution in [0.1, 0.15) is 11.4 Å². The lowest BCUT2D eigenvalue weighted by Crippen LogP contribution is -2.17. The zero-order valence-electron chi connectivity index (χ0n) is 13.3. The minimum atomic E-state index is -0.258. The fourth-order valence-corrected chi connectivity index (χ4v) is 2.83. The van der Waals surface area contributed by atoms with Crippen LogP contribution in [0.4, 0.5) is 11.4 Å². The molecule has 0 saturated carbocycles. The highest BCUT2D eigenvalue weighted by Crippen LogP contribution is 2.33. The van der Waals surface area contributed by atoms with Gasteiger partial charge in [0.05, 0.1) is 17.1 Å². The number of halogens is 1. The number of amides is 1. The summed E-state index contributed by atoms with van der Waals surface area (Å²) in [6.07, 6.45) is 3.07. The van der Waals surface area contributed by atoms with Crippen LogP contribution >= 0.6 is 11.6 Å². The minimum absolute atomic E-state index is 0.258. The van der Waals surface area contributed by atoms with Crippen LogP contribution in [0.2, 0.25) is 5.02 Å². The Balaban J connectivity index is 1.65. The fraction of sp³-hybridized carbons (Fsp3) is 0.0556. The first-order chi connectivity index (χ1) is 12.1. The summed E-state index contributed by atoms with van der Waals surface area (Å²) in [6.45, 7) is 1.99. The van der Waals surface area contributed by atoms with E-state index >= 15 is 0 Å². The standard InChI is InChI=1S/C18H14ClN5O/c1-11-2-5-13(6-3-11)21-17(25)9-15-18-23-20-10-24(18)16-7-4-12(19)8-14(16)22-15/h2-10,22H,1H3,(H,21,25)/b15-9-. The van der Waals surface area contributed by atoms with E-state index in [0.717, 1.165) is 22.6 Å². The van der Waals surface area contributed by atoms with E-state index in [1.807, 2.05) is 41.8 Å². The van der Waals surface area contributed by atoms with Gasteiger partial charge in [-0.25, -0.2) is 0 Å². The zero-order valence-corrected chi connectivity index (χ0v) is 14.1. The molecular weight excluding hydrogens is 338 g/mol. The van der Waals surface area contributed by atoms with Crippen molar-refractivity contribution in [3.8, 4) is 5.69 Å². The quantitative estimate of drug-likeness (QED) is 0.691. The number of fused-ring (bicyclic) bond motifs is 3. The Bertz CT molecular complexity index is 991. The van der Waals surface area contributed by atoms with Crippen molar-refractivity contribution >= 4 is 34.6 Å². The second-order valence-corrected chi connectivity index (χ2v) is 6.16. The van der Waals surface area contributed by atoms with E-state index in [0.29, 0.717) is 16.5 Å². The molecule has 124 valence electrons. The number of nitrogens with zero attached hydrogens (tertiary/aromatic N) is 3. The van der Waals surface area contributed by atoms with Crippen LogP contribution in [0, 0.1) is 6.92 Å².